The monoisotopic (exact) mass is 617 g/mol. The summed E-state index contributed by atoms with van der Waals surface area (Å²) in [6, 6.07) is 7.75. The largest absolute Gasteiger partial charge is 0.423 e. The molecule has 0 unspecified atom stereocenters. The van der Waals surface area contributed by atoms with Gasteiger partial charge in [-0.15, -0.1) is 0 Å². The number of carbonyl (C=O) groups excluding carboxylic acids is 1. The van der Waals surface area contributed by atoms with Crippen LogP contribution in [0.25, 0.3) is 0 Å². The van der Waals surface area contributed by atoms with Crippen molar-refractivity contribution < 1.29 is 36.1 Å². The SMILES string of the molecule is C.CC(C)(CN1CCN(c2ccc(C(F)(F)F)cc2)CC1)C(=O)N1CCC(Nc2ccc([N+](=O)[O-])c(C(F)(F)F)c2)CC1. The summed E-state index contributed by atoms with van der Waals surface area (Å²) in [5, 5.41) is 14.0. The maximum absolute atomic E-state index is 13.4. The maximum atomic E-state index is 13.4. The van der Waals surface area contributed by atoms with Crippen LogP contribution < -0.4 is 10.2 Å². The van der Waals surface area contributed by atoms with Crippen molar-refractivity contribution in [3.63, 3.8) is 0 Å². The molecule has 2 aliphatic rings. The topological polar surface area (TPSA) is 82.0 Å². The van der Waals surface area contributed by atoms with Gasteiger partial charge in [0.25, 0.3) is 5.69 Å². The van der Waals surface area contributed by atoms with E-state index >= 15 is 0 Å². The number of likely N-dealkylation sites (tertiary alicyclic amines) is 1. The highest BCUT2D eigenvalue weighted by Gasteiger charge is 2.39. The minimum absolute atomic E-state index is 0. The summed E-state index contributed by atoms with van der Waals surface area (Å²) >= 11 is 0. The summed E-state index contributed by atoms with van der Waals surface area (Å²) in [5.74, 6) is -0.0270. The van der Waals surface area contributed by atoms with E-state index in [1.165, 1.54) is 18.2 Å². The van der Waals surface area contributed by atoms with E-state index in [1.807, 2.05) is 18.7 Å². The van der Waals surface area contributed by atoms with Crippen LogP contribution in [0.2, 0.25) is 0 Å². The number of amides is 1. The Hall–Kier alpha value is -3.55. The number of nitro groups is 1. The van der Waals surface area contributed by atoms with Gasteiger partial charge in [-0.25, -0.2) is 0 Å². The molecule has 1 N–H and O–H groups in total. The van der Waals surface area contributed by atoms with Gasteiger partial charge in [0, 0.05) is 69.3 Å². The van der Waals surface area contributed by atoms with Crippen LogP contribution in [0.3, 0.4) is 0 Å². The zero-order valence-corrected chi connectivity index (χ0v) is 23.3. The first kappa shape index (κ1) is 33.9. The molecule has 2 aliphatic heterocycles. The lowest BCUT2D eigenvalue weighted by Crippen LogP contribution is -2.54. The number of hydrogen-bond donors (Lipinski definition) is 1. The van der Waals surface area contributed by atoms with Crippen molar-refractivity contribution in [2.75, 3.05) is 56.0 Å². The van der Waals surface area contributed by atoms with Gasteiger partial charge in [-0.05, 0) is 63.1 Å². The van der Waals surface area contributed by atoms with Crippen LogP contribution in [0.4, 0.5) is 43.4 Å². The number of piperazine rings is 1. The minimum atomic E-state index is -4.86. The second-order valence-corrected chi connectivity index (χ2v) is 11.4. The van der Waals surface area contributed by atoms with Gasteiger partial charge < -0.3 is 15.1 Å². The van der Waals surface area contributed by atoms with Gasteiger partial charge in [-0.2, -0.15) is 26.3 Å². The van der Waals surface area contributed by atoms with E-state index in [9.17, 15) is 41.3 Å². The van der Waals surface area contributed by atoms with E-state index in [0.717, 1.165) is 30.0 Å². The zero-order chi connectivity index (χ0) is 30.9. The van der Waals surface area contributed by atoms with Crippen LogP contribution in [-0.4, -0.2) is 72.5 Å². The molecule has 0 atom stereocenters. The first-order valence-electron chi connectivity index (χ1n) is 13.6. The second kappa shape index (κ2) is 13.0. The summed E-state index contributed by atoms with van der Waals surface area (Å²) in [7, 11) is 0. The number of benzene rings is 2. The highest BCUT2D eigenvalue weighted by molar-refractivity contribution is 5.82. The molecule has 8 nitrogen and oxygen atoms in total. The van der Waals surface area contributed by atoms with E-state index < -0.39 is 39.5 Å². The Labute approximate surface area is 246 Å². The number of nitrogens with one attached hydrogen (secondary N) is 1. The first-order valence-corrected chi connectivity index (χ1v) is 13.6. The average Bonchev–Trinajstić information content (AvgIpc) is 2.92. The summed E-state index contributed by atoms with van der Waals surface area (Å²) < 4.78 is 78.5. The van der Waals surface area contributed by atoms with Gasteiger partial charge in [-0.1, -0.05) is 7.43 Å². The molecular weight excluding hydrogens is 580 g/mol. The quantitative estimate of drug-likeness (QED) is 0.217. The first-order chi connectivity index (χ1) is 19.5. The molecule has 238 valence electrons. The molecule has 2 fully saturated rings. The van der Waals surface area contributed by atoms with Crippen molar-refractivity contribution in [1.29, 1.82) is 0 Å². The molecule has 2 aromatic carbocycles. The van der Waals surface area contributed by atoms with Crippen molar-refractivity contribution in [2.24, 2.45) is 5.41 Å². The number of rotatable bonds is 7. The third-order valence-electron chi connectivity index (χ3n) is 7.78. The molecule has 43 heavy (non-hydrogen) atoms. The Morgan fingerprint density at radius 3 is 2.00 bits per heavy atom. The number of alkyl halides is 6. The van der Waals surface area contributed by atoms with E-state index in [2.05, 4.69) is 10.2 Å². The van der Waals surface area contributed by atoms with Crippen LogP contribution >= 0.6 is 0 Å². The number of carbonyl (C=O) groups is 1. The molecule has 0 aliphatic carbocycles. The molecule has 0 saturated carbocycles. The average molecular weight is 618 g/mol. The van der Waals surface area contributed by atoms with Crippen LogP contribution in [0.15, 0.2) is 42.5 Å². The lowest BCUT2D eigenvalue weighted by atomic mass is 9.89. The van der Waals surface area contributed by atoms with Crippen LogP contribution in [0.1, 0.15) is 45.2 Å². The van der Waals surface area contributed by atoms with Crippen molar-refractivity contribution in [3.05, 3.63) is 63.7 Å². The zero-order valence-electron chi connectivity index (χ0n) is 23.3. The Morgan fingerprint density at radius 1 is 0.907 bits per heavy atom. The summed E-state index contributed by atoms with van der Waals surface area (Å²) in [6.45, 7) is 7.62. The lowest BCUT2D eigenvalue weighted by Gasteiger charge is -2.42. The molecule has 1 amide bonds. The third-order valence-corrected chi connectivity index (χ3v) is 7.78. The number of hydrogen-bond acceptors (Lipinski definition) is 6. The number of nitrogens with zero attached hydrogens (tertiary/aromatic N) is 4. The Kier molecular flexibility index (Phi) is 10.2. The number of halogens is 6. The van der Waals surface area contributed by atoms with Crippen molar-refractivity contribution in [1.82, 2.24) is 9.80 Å². The third kappa shape index (κ3) is 8.30. The van der Waals surface area contributed by atoms with Crippen molar-refractivity contribution >= 4 is 23.0 Å². The summed E-state index contributed by atoms with van der Waals surface area (Å²) in [4.78, 5) is 29.3. The van der Waals surface area contributed by atoms with Gasteiger partial charge in [-0.3, -0.25) is 19.8 Å². The standard InChI is InChI=1S/C28H33F6N5O3.CH4/c1-26(2,18-36-13-15-37(16-14-36)22-6-3-19(4-7-22)27(29,30)31)25(40)38-11-9-20(10-12-38)35-21-5-8-24(39(41)42)23(17-21)28(32,33)34;/h3-8,17,20,35H,9-16,18H2,1-2H3;1H4. The fourth-order valence-electron chi connectivity index (χ4n) is 5.55. The predicted octanol–water partition coefficient (Wildman–Crippen LogP) is 6.52. The van der Waals surface area contributed by atoms with E-state index in [-0.39, 0.29) is 25.1 Å². The molecule has 2 aromatic rings. The molecule has 0 aromatic heterocycles. The highest BCUT2D eigenvalue weighted by Crippen LogP contribution is 2.38. The molecule has 0 spiro atoms. The van der Waals surface area contributed by atoms with Crippen LogP contribution in [0, 0.1) is 15.5 Å². The Balaban J connectivity index is 0.00000506. The fraction of sp³-hybridized carbons (Fsp3) is 0.552. The van der Waals surface area contributed by atoms with Crippen molar-refractivity contribution in [3.8, 4) is 0 Å². The van der Waals surface area contributed by atoms with Crippen LogP contribution in [0.5, 0.6) is 0 Å². The molecule has 2 saturated heterocycles. The molecule has 4 rings (SSSR count). The summed E-state index contributed by atoms with van der Waals surface area (Å²) in [5.41, 5.74) is -2.85. The Bertz CT molecular complexity index is 1270. The molecular formula is C29H37F6N5O3. The molecule has 2 heterocycles. The van der Waals surface area contributed by atoms with E-state index in [0.29, 0.717) is 58.7 Å². The molecule has 0 bridgehead atoms. The second-order valence-electron chi connectivity index (χ2n) is 11.4. The maximum Gasteiger partial charge on any atom is 0.423 e. The fourth-order valence-corrected chi connectivity index (χ4v) is 5.55. The van der Waals surface area contributed by atoms with Gasteiger partial charge in [0.1, 0.15) is 5.56 Å². The number of piperidine rings is 1. The normalized spacial score (nSPS) is 17.4. The van der Waals surface area contributed by atoms with Gasteiger partial charge in [0.05, 0.1) is 15.9 Å². The molecule has 0 radical (unpaired) electrons. The lowest BCUT2D eigenvalue weighted by molar-refractivity contribution is -0.388. The summed E-state index contributed by atoms with van der Waals surface area (Å²) in [6.07, 6.45) is -8.23. The van der Waals surface area contributed by atoms with Gasteiger partial charge in [0.15, 0.2) is 0 Å². The smallest absolute Gasteiger partial charge is 0.382 e. The predicted molar refractivity (Wildman–Crippen MR) is 152 cm³/mol. The minimum Gasteiger partial charge on any atom is -0.382 e. The van der Waals surface area contributed by atoms with Crippen LogP contribution in [-0.2, 0) is 17.1 Å². The van der Waals surface area contributed by atoms with E-state index in [1.54, 1.807) is 4.90 Å². The van der Waals surface area contributed by atoms with E-state index in [4.69, 9.17) is 0 Å². The van der Waals surface area contributed by atoms with Crippen molar-refractivity contribution in [2.45, 2.75) is 52.5 Å². The Morgan fingerprint density at radius 2 is 1.49 bits per heavy atom. The highest BCUT2D eigenvalue weighted by atomic mass is 19.4. The molecule has 14 heteroatoms. The van der Waals surface area contributed by atoms with Gasteiger partial charge in [0.2, 0.25) is 5.91 Å². The van der Waals surface area contributed by atoms with Gasteiger partial charge >= 0.3 is 12.4 Å². The number of nitro benzene ring substituents is 1. The number of anilines is 2.